The summed E-state index contributed by atoms with van der Waals surface area (Å²) in [6.07, 6.45) is 2.33. The molecule has 1 aliphatic rings. The number of esters is 1. The first-order chi connectivity index (χ1) is 14.3. The molecule has 0 bridgehead atoms. The largest absolute Gasteiger partial charge is 0.497 e. The molecular formula is C21H22FNO6S. The van der Waals surface area contributed by atoms with Gasteiger partial charge in [0, 0.05) is 18.7 Å². The zero-order chi connectivity index (χ0) is 21.7. The van der Waals surface area contributed by atoms with Crippen molar-refractivity contribution in [3.05, 3.63) is 59.4 Å². The summed E-state index contributed by atoms with van der Waals surface area (Å²) in [6.45, 7) is 0.0779. The second-order valence-electron chi connectivity index (χ2n) is 6.84. The van der Waals surface area contributed by atoms with Gasteiger partial charge in [-0.1, -0.05) is 18.6 Å². The van der Waals surface area contributed by atoms with Gasteiger partial charge < -0.3 is 9.47 Å². The maximum atomic E-state index is 14.3. The number of hydrogen-bond donors (Lipinski definition) is 0. The highest BCUT2D eigenvalue weighted by Gasteiger charge is 2.29. The van der Waals surface area contributed by atoms with Gasteiger partial charge >= 0.3 is 5.97 Å². The molecule has 0 saturated carbocycles. The van der Waals surface area contributed by atoms with Gasteiger partial charge in [0.15, 0.2) is 12.4 Å². The minimum absolute atomic E-state index is 0.148. The summed E-state index contributed by atoms with van der Waals surface area (Å²) in [5.41, 5.74) is 0.153. The molecule has 0 aliphatic carbocycles. The maximum Gasteiger partial charge on any atom is 0.338 e. The monoisotopic (exact) mass is 435 g/mol. The van der Waals surface area contributed by atoms with E-state index in [0.717, 1.165) is 24.6 Å². The third-order valence-electron chi connectivity index (χ3n) is 4.83. The fourth-order valence-electron chi connectivity index (χ4n) is 3.17. The first-order valence-electron chi connectivity index (χ1n) is 9.47. The van der Waals surface area contributed by atoms with Crippen LogP contribution in [0.25, 0.3) is 0 Å². The quantitative estimate of drug-likeness (QED) is 0.491. The second kappa shape index (κ2) is 9.36. The summed E-state index contributed by atoms with van der Waals surface area (Å²) < 4.78 is 51.1. The van der Waals surface area contributed by atoms with Crippen molar-refractivity contribution in [2.24, 2.45) is 0 Å². The van der Waals surface area contributed by atoms with Crippen molar-refractivity contribution >= 4 is 21.8 Å². The average molecular weight is 435 g/mol. The molecule has 2 aromatic rings. The van der Waals surface area contributed by atoms with Crippen molar-refractivity contribution < 1.29 is 31.9 Å². The lowest BCUT2D eigenvalue weighted by Crippen LogP contribution is -2.36. The van der Waals surface area contributed by atoms with E-state index in [9.17, 15) is 22.4 Å². The van der Waals surface area contributed by atoms with E-state index < -0.39 is 39.1 Å². The molecule has 1 saturated heterocycles. The van der Waals surface area contributed by atoms with Crippen LogP contribution in [-0.2, 0) is 14.8 Å². The molecule has 2 aromatic carbocycles. The molecule has 1 heterocycles. The van der Waals surface area contributed by atoms with Crippen molar-refractivity contribution in [1.82, 2.24) is 4.31 Å². The van der Waals surface area contributed by atoms with E-state index in [4.69, 9.17) is 9.47 Å². The second-order valence-corrected chi connectivity index (χ2v) is 8.75. The number of nitrogens with zero attached hydrogens (tertiary/aromatic N) is 1. The molecule has 7 nitrogen and oxygen atoms in total. The predicted octanol–water partition coefficient (Wildman–Crippen LogP) is 3.05. The number of rotatable bonds is 7. The average Bonchev–Trinajstić information content (AvgIpc) is 2.78. The molecule has 0 unspecified atom stereocenters. The molecule has 3 rings (SSSR count). The molecule has 0 atom stereocenters. The summed E-state index contributed by atoms with van der Waals surface area (Å²) in [5, 5.41) is 0. The topological polar surface area (TPSA) is 90.0 Å². The van der Waals surface area contributed by atoms with Crippen LogP contribution >= 0.6 is 0 Å². The van der Waals surface area contributed by atoms with E-state index in [2.05, 4.69) is 0 Å². The number of piperidine rings is 1. The van der Waals surface area contributed by atoms with Gasteiger partial charge in [0.2, 0.25) is 10.0 Å². The van der Waals surface area contributed by atoms with Crippen LogP contribution in [0.5, 0.6) is 5.75 Å². The van der Waals surface area contributed by atoms with E-state index >= 15 is 0 Å². The van der Waals surface area contributed by atoms with Crippen LogP contribution in [0.4, 0.5) is 4.39 Å². The zero-order valence-electron chi connectivity index (χ0n) is 16.5. The summed E-state index contributed by atoms with van der Waals surface area (Å²) in [7, 11) is -2.60. The highest BCUT2D eigenvalue weighted by molar-refractivity contribution is 7.89. The number of ether oxygens (including phenoxy) is 2. The standard InChI is InChI=1S/C21H22FNO6S/c1-28-17-7-5-6-15(12-17)19(24)14-29-21(25)16-8-9-18(22)20(13-16)30(26,27)23-10-3-2-4-11-23/h5-9,12-13H,2-4,10-11,14H2,1H3. The van der Waals surface area contributed by atoms with E-state index in [1.807, 2.05) is 0 Å². The molecule has 160 valence electrons. The Morgan fingerprint density at radius 2 is 1.77 bits per heavy atom. The Labute approximate surface area is 174 Å². The molecule has 1 fully saturated rings. The maximum absolute atomic E-state index is 14.3. The Bertz CT molecular complexity index is 1050. The van der Waals surface area contributed by atoms with Crippen LogP contribution in [0.3, 0.4) is 0 Å². The normalized spacial score (nSPS) is 14.9. The minimum Gasteiger partial charge on any atom is -0.497 e. The Balaban J connectivity index is 1.73. The lowest BCUT2D eigenvalue weighted by Gasteiger charge is -2.26. The first kappa shape index (κ1) is 21.9. The molecule has 30 heavy (non-hydrogen) atoms. The number of Topliss-reactive ketones (excluding diaryl/α,β-unsaturated/α-hetero) is 1. The third-order valence-corrected chi connectivity index (χ3v) is 6.74. The first-order valence-corrected chi connectivity index (χ1v) is 10.9. The van der Waals surface area contributed by atoms with E-state index in [-0.39, 0.29) is 5.56 Å². The number of benzene rings is 2. The highest BCUT2D eigenvalue weighted by atomic mass is 32.2. The third kappa shape index (κ3) is 4.85. The van der Waals surface area contributed by atoms with E-state index in [1.54, 1.807) is 18.2 Å². The summed E-state index contributed by atoms with van der Waals surface area (Å²) in [4.78, 5) is 24.0. The van der Waals surface area contributed by atoms with Gasteiger partial charge in [-0.3, -0.25) is 4.79 Å². The predicted molar refractivity (Wildman–Crippen MR) is 107 cm³/mol. The van der Waals surface area contributed by atoms with E-state index in [0.29, 0.717) is 37.2 Å². The van der Waals surface area contributed by atoms with Crippen LogP contribution in [-0.4, -0.2) is 51.3 Å². The SMILES string of the molecule is COc1cccc(C(=O)COC(=O)c2ccc(F)c(S(=O)(=O)N3CCCCC3)c2)c1. The number of carbonyl (C=O) groups excluding carboxylic acids is 2. The Kier molecular flexibility index (Phi) is 6.84. The molecule has 0 aromatic heterocycles. The van der Waals surface area contributed by atoms with E-state index in [1.165, 1.54) is 17.5 Å². The Morgan fingerprint density at radius 1 is 1.03 bits per heavy atom. The number of carbonyl (C=O) groups is 2. The molecule has 0 N–H and O–H groups in total. The fourth-order valence-corrected chi connectivity index (χ4v) is 4.77. The number of hydrogen-bond acceptors (Lipinski definition) is 6. The number of methoxy groups -OCH3 is 1. The van der Waals surface area contributed by atoms with Crippen LogP contribution in [0.15, 0.2) is 47.4 Å². The Morgan fingerprint density at radius 3 is 2.47 bits per heavy atom. The van der Waals surface area contributed by atoms with Crippen molar-refractivity contribution in [2.45, 2.75) is 24.2 Å². The summed E-state index contributed by atoms with van der Waals surface area (Å²) in [6, 6.07) is 9.37. The molecule has 0 spiro atoms. The molecule has 1 aliphatic heterocycles. The van der Waals surface area contributed by atoms with Gasteiger partial charge in [-0.2, -0.15) is 4.31 Å². The van der Waals surface area contributed by atoms with Crippen LogP contribution < -0.4 is 4.74 Å². The lowest BCUT2D eigenvalue weighted by molar-refractivity contribution is 0.0474. The highest BCUT2D eigenvalue weighted by Crippen LogP contribution is 2.24. The number of sulfonamides is 1. The summed E-state index contributed by atoms with van der Waals surface area (Å²) in [5.74, 6) is -1.82. The summed E-state index contributed by atoms with van der Waals surface area (Å²) >= 11 is 0. The van der Waals surface area contributed by atoms with Gasteiger partial charge in [0.05, 0.1) is 12.7 Å². The van der Waals surface area contributed by atoms with Gasteiger partial charge in [-0.25, -0.2) is 17.6 Å². The molecule has 0 radical (unpaired) electrons. The van der Waals surface area contributed by atoms with Crippen LogP contribution in [0.1, 0.15) is 40.0 Å². The molecule has 9 heteroatoms. The lowest BCUT2D eigenvalue weighted by atomic mass is 10.1. The van der Waals surface area contributed by atoms with Gasteiger partial charge in [-0.05, 0) is 43.2 Å². The molecule has 0 amide bonds. The van der Waals surface area contributed by atoms with Gasteiger partial charge in [0.1, 0.15) is 16.5 Å². The fraction of sp³-hybridized carbons (Fsp3) is 0.333. The van der Waals surface area contributed by atoms with Crippen molar-refractivity contribution in [1.29, 1.82) is 0 Å². The van der Waals surface area contributed by atoms with Crippen LogP contribution in [0.2, 0.25) is 0 Å². The van der Waals surface area contributed by atoms with Crippen LogP contribution in [0, 0.1) is 5.82 Å². The molecular weight excluding hydrogens is 413 g/mol. The Hall–Kier alpha value is -2.78. The number of halogens is 1. The van der Waals surface area contributed by atoms with Gasteiger partial charge in [0.25, 0.3) is 0 Å². The van der Waals surface area contributed by atoms with Crippen molar-refractivity contribution in [3.63, 3.8) is 0 Å². The smallest absolute Gasteiger partial charge is 0.338 e. The van der Waals surface area contributed by atoms with Crippen molar-refractivity contribution in [3.8, 4) is 5.75 Å². The van der Waals surface area contributed by atoms with Crippen molar-refractivity contribution in [2.75, 3.05) is 26.8 Å². The minimum atomic E-state index is -4.06. The zero-order valence-corrected chi connectivity index (χ0v) is 17.3. The number of ketones is 1. The van der Waals surface area contributed by atoms with Gasteiger partial charge in [-0.15, -0.1) is 0 Å².